The van der Waals surface area contributed by atoms with Crippen molar-refractivity contribution in [2.24, 2.45) is 12.0 Å². The second-order valence-corrected chi connectivity index (χ2v) is 7.31. The lowest BCUT2D eigenvalue weighted by Gasteiger charge is -2.29. The molecule has 3 N–H and O–H groups in total. The van der Waals surface area contributed by atoms with Gasteiger partial charge < -0.3 is 25.4 Å². The van der Waals surface area contributed by atoms with Crippen molar-refractivity contribution in [2.75, 3.05) is 44.3 Å². The normalized spacial score (nSPS) is 16.5. The molecule has 0 spiro atoms. The molecule has 0 saturated carbocycles. The minimum Gasteiger partial charge on any atom is -0.383 e. The van der Waals surface area contributed by atoms with Crippen molar-refractivity contribution in [1.82, 2.24) is 25.4 Å². The highest BCUT2D eigenvalue weighted by Gasteiger charge is 2.25. The summed E-state index contributed by atoms with van der Waals surface area (Å²) in [6.07, 6.45) is 5.30. The molecule has 30 heavy (non-hydrogen) atoms. The van der Waals surface area contributed by atoms with Crippen LogP contribution >= 0.6 is 24.0 Å². The molecule has 3 heterocycles. The van der Waals surface area contributed by atoms with Gasteiger partial charge in [0, 0.05) is 50.2 Å². The number of hydrogen-bond acceptors (Lipinski definition) is 6. The third kappa shape index (κ3) is 6.54. The van der Waals surface area contributed by atoms with E-state index in [1.165, 1.54) is 0 Å². The number of aromatic nitrogens is 3. The minimum atomic E-state index is -1.06. The number of morpholine rings is 1. The predicted octanol–water partition coefficient (Wildman–Crippen LogP) is 1.23. The standard InChI is InChI=1S/C20H31N7O2.HI/c1-4-21-19(24-15-20(2,28)17-13-25-26(3)14-17)23-12-16-6-5-7-22-18(16)27-8-10-29-11-9-27;/h5-7,13-14,28H,4,8-12,15H2,1-3H3,(H2,21,23,24);1H. The summed E-state index contributed by atoms with van der Waals surface area (Å²) in [4.78, 5) is 11.5. The van der Waals surface area contributed by atoms with Crippen LogP contribution in [0, 0.1) is 0 Å². The molecule has 1 aliphatic heterocycles. The van der Waals surface area contributed by atoms with Gasteiger partial charge in [-0.3, -0.25) is 4.68 Å². The molecule has 2 aromatic heterocycles. The number of nitrogens with zero attached hydrogens (tertiary/aromatic N) is 5. The highest BCUT2D eigenvalue weighted by Crippen LogP contribution is 2.20. The number of nitrogens with one attached hydrogen (secondary N) is 2. The topological polar surface area (TPSA) is 99.8 Å². The van der Waals surface area contributed by atoms with Crippen LogP contribution in [-0.4, -0.2) is 65.2 Å². The van der Waals surface area contributed by atoms with Gasteiger partial charge in [0.2, 0.25) is 0 Å². The van der Waals surface area contributed by atoms with Crippen LogP contribution in [0.4, 0.5) is 5.82 Å². The van der Waals surface area contributed by atoms with Gasteiger partial charge in [0.05, 0.1) is 32.5 Å². The first-order valence-electron chi connectivity index (χ1n) is 10.00. The molecule has 0 amide bonds. The van der Waals surface area contributed by atoms with E-state index in [2.05, 4.69) is 31.7 Å². The number of aryl methyl sites for hydroxylation is 1. The SMILES string of the molecule is CCNC(=NCc1cccnc1N1CCOCC1)NCC(C)(O)c1cnn(C)c1.I. The summed E-state index contributed by atoms with van der Waals surface area (Å²) in [7, 11) is 1.83. The summed E-state index contributed by atoms with van der Waals surface area (Å²) in [6, 6.07) is 3.99. The largest absolute Gasteiger partial charge is 0.383 e. The first-order chi connectivity index (χ1) is 14.0. The Morgan fingerprint density at radius 3 is 2.77 bits per heavy atom. The second kappa shape index (κ2) is 11.5. The summed E-state index contributed by atoms with van der Waals surface area (Å²) in [5.74, 6) is 1.60. The zero-order valence-electron chi connectivity index (χ0n) is 17.8. The Morgan fingerprint density at radius 1 is 1.33 bits per heavy atom. The molecular formula is C20H32IN7O2. The maximum Gasteiger partial charge on any atom is 0.191 e. The summed E-state index contributed by atoms with van der Waals surface area (Å²) >= 11 is 0. The van der Waals surface area contributed by atoms with Gasteiger partial charge in [-0.2, -0.15) is 5.10 Å². The fourth-order valence-corrected chi connectivity index (χ4v) is 3.18. The summed E-state index contributed by atoms with van der Waals surface area (Å²) < 4.78 is 7.13. The van der Waals surface area contributed by atoms with Crippen molar-refractivity contribution in [1.29, 1.82) is 0 Å². The molecular weight excluding hydrogens is 497 g/mol. The van der Waals surface area contributed by atoms with Crippen molar-refractivity contribution in [3.05, 3.63) is 41.9 Å². The van der Waals surface area contributed by atoms with E-state index >= 15 is 0 Å². The van der Waals surface area contributed by atoms with Gasteiger partial charge in [0.1, 0.15) is 11.4 Å². The molecule has 0 radical (unpaired) electrons. The average Bonchev–Trinajstić information content (AvgIpc) is 3.18. The minimum absolute atomic E-state index is 0. The van der Waals surface area contributed by atoms with E-state index in [0.717, 1.165) is 36.6 Å². The molecule has 2 aromatic rings. The van der Waals surface area contributed by atoms with Crippen LogP contribution in [0.2, 0.25) is 0 Å². The van der Waals surface area contributed by atoms with E-state index in [1.54, 1.807) is 17.8 Å². The zero-order chi connectivity index (χ0) is 20.7. The van der Waals surface area contributed by atoms with E-state index in [-0.39, 0.29) is 24.0 Å². The number of aliphatic hydroxyl groups is 1. The predicted molar refractivity (Wildman–Crippen MR) is 128 cm³/mol. The third-order valence-electron chi connectivity index (χ3n) is 4.86. The molecule has 1 unspecified atom stereocenters. The Kier molecular flexibility index (Phi) is 9.31. The van der Waals surface area contributed by atoms with E-state index < -0.39 is 5.60 Å². The summed E-state index contributed by atoms with van der Waals surface area (Å²) in [5.41, 5.74) is 0.758. The van der Waals surface area contributed by atoms with Crippen LogP contribution in [0.5, 0.6) is 0 Å². The number of ether oxygens (including phenoxy) is 1. The van der Waals surface area contributed by atoms with E-state index in [4.69, 9.17) is 9.73 Å². The maximum atomic E-state index is 10.8. The van der Waals surface area contributed by atoms with Gasteiger partial charge in [-0.05, 0) is 19.9 Å². The van der Waals surface area contributed by atoms with Crippen molar-refractivity contribution >= 4 is 35.8 Å². The number of aliphatic imine (C=N–C) groups is 1. The van der Waals surface area contributed by atoms with E-state index in [1.807, 2.05) is 32.4 Å². The van der Waals surface area contributed by atoms with Gasteiger partial charge in [-0.1, -0.05) is 6.07 Å². The van der Waals surface area contributed by atoms with E-state index in [0.29, 0.717) is 32.3 Å². The fourth-order valence-electron chi connectivity index (χ4n) is 3.18. The fraction of sp³-hybridized carbons (Fsp3) is 0.550. The Bertz CT molecular complexity index is 819. The molecule has 166 valence electrons. The van der Waals surface area contributed by atoms with Crippen LogP contribution in [0.25, 0.3) is 0 Å². The summed E-state index contributed by atoms with van der Waals surface area (Å²) in [5, 5.41) is 21.4. The van der Waals surface area contributed by atoms with Crippen molar-refractivity contribution < 1.29 is 9.84 Å². The average molecular weight is 529 g/mol. The number of pyridine rings is 1. The highest BCUT2D eigenvalue weighted by molar-refractivity contribution is 14.0. The Morgan fingerprint density at radius 2 is 2.10 bits per heavy atom. The third-order valence-corrected chi connectivity index (χ3v) is 4.86. The second-order valence-electron chi connectivity index (χ2n) is 7.31. The molecule has 9 nitrogen and oxygen atoms in total. The van der Waals surface area contributed by atoms with Gasteiger partial charge in [0.25, 0.3) is 0 Å². The smallest absolute Gasteiger partial charge is 0.191 e. The molecule has 1 fully saturated rings. The zero-order valence-corrected chi connectivity index (χ0v) is 20.2. The monoisotopic (exact) mass is 529 g/mol. The van der Waals surface area contributed by atoms with Crippen LogP contribution in [0.1, 0.15) is 25.0 Å². The Balaban J connectivity index is 0.00000320. The molecule has 1 saturated heterocycles. The van der Waals surface area contributed by atoms with Gasteiger partial charge in [0.15, 0.2) is 5.96 Å². The maximum absolute atomic E-state index is 10.8. The quantitative estimate of drug-likeness (QED) is 0.282. The van der Waals surface area contributed by atoms with E-state index in [9.17, 15) is 5.11 Å². The van der Waals surface area contributed by atoms with Crippen LogP contribution in [0.3, 0.4) is 0 Å². The van der Waals surface area contributed by atoms with Gasteiger partial charge in [-0.15, -0.1) is 24.0 Å². The molecule has 0 bridgehead atoms. The molecule has 0 aromatic carbocycles. The number of hydrogen-bond donors (Lipinski definition) is 3. The van der Waals surface area contributed by atoms with Crippen molar-refractivity contribution in [3.63, 3.8) is 0 Å². The van der Waals surface area contributed by atoms with Gasteiger partial charge in [-0.25, -0.2) is 9.98 Å². The molecule has 1 atom stereocenters. The van der Waals surface area contributed by atoms with Crippen molar-refractivity contribution in [2.45, 2.75) is 26.0 Å². The lowest BCUT2D eigenvalue weighted by molar-refractivity contribution is 0.0616. The number of anilines is 1. The lowest BCUT2D eigenvalue weighted by atomic mass is 10.00. The summed E-state index contributed by atoms with van der Waals surface area (Å²) in [6.45, 7) is 8.40. The van der Waals surface area contributed by atoms with Crippen LogP contribution < -0.4 is 15.5 Å². The Hall–Kier alpha value is -1.92. The lowest BCUT2D eigenvalue weighted by Crippen LogP contribution is -2.44. The van der Waals surface area contributed by atoms with Crippen LogP contribution in [0.15, 0.2) is 35.7 Å². The first kappa shape index (κ1) is 24.4. The molecule has 1 aliphatic rings. The van der Waals surface area contributed by atoms with Crippen molar-refractivity contribution in [3.8, 4) is 0 Å². The number of guanidine groups is 1. The molecule has 3 rings (SSSR count). The van der Waals surface area contributed by atoms with Gasteiger partial charge >= 0.3 is 0 Å². The Labute approximate surface area is 194 Å². The van der Waals surface area contributed by atoms with Crippen LogP contribution in [-0.2, 0) is 23.9 Å². The first-order valence-corrected chi connectivity index (χ1v) is 10.00. The molecule has 0 aliphatic carbocycles. The highest BCUT2D eigenvalue weighted by atomic mass is 127. The number of halogens is 1. The molecule has 10 heteroatoms. The number of rotatable bonds is 7.